The third-order valence-corrected chi connectivity index (χ3v) is 3.25. The second-order valence-electron chi connectivity index (χ2n) is 3.47. The molecule has 2 heterocycles. The maximum absolute atomic E-state index is 11.4. The lowest BCUT2D eigenvalue weighted by Crippen LogP contribution is -2.17. The Kier molecular flexibility index (Phi) is 3.41. The molecule has 0 bridgehead atoms. The van der Waals surface area contributed by atoms with Crippen LogP contribution in [0.15, 0.2) is 40.6 Å². The standard InChI is InChI=1S/C12H14N2OS/c1-2-14-9-10(5-6-12(14)15)13-8-11-4-3-7-16-11/h3-7,9,13H,2,8H2,1H3. The normalized spacial score (nSPS) is 10.3. The molecule has 0 unspecified atom stereocenters. The van der Waals surface area contributed by atoms with Gasteiger partial charge in [0.15, 0.2) is 0 Å². The average Bonchev–Trinajstić information content (AvgIpc) is 2.81. The monoisotopic (exact) mass is 234 g/mol. The van der Waals surface area contributed by atoms with Crippen LogP contribution in [0.5, 0.6) is 0 Å². The number of pyridine rings is 1. The van der Waals surface area contributed by atoms with Gasteiger partial charge in [0, 0.05) is 30.2 Å². The first-order chi connectivity index (χ1) is 7.79. The van der Waals surface area contributed by atoms with Crippen molar-refractivity contribution >= 4 is 17.0 Å². The summed E-state index contributed by atoms with van der Waals surface area (Å²) in [6.45, 7) is 3.47. The fraction of sp³-hybridized carbons (Fsp3) is 0.250. The van der Waals surface area contributed by atoms with Gasteiger partial charge in [-0.2, -0.15) is 0 Å². The molecule has 0 fully saturated rings. The van der Waals surface area contributed by atoms with Gasteiger partial charge in [-0.25, -0.2) is 0 Å². The maximum Gasteiger partial charge on any atom is 0.250 e. The van der Waals surface area contributed by atoms with Crippen molar-refractivity contribution in [2.75, 3.05) is 5.32 Å². The van der Waals surface area contributed by atoms with Crippen molar-refractivity contribution in [3.8, 4) is 0 Å². The number of thiophene rings is 1. The van der Waals surface area contributed by atoms with Crippen molar-refractivity contribution < 1.29 is 0 Å². The highest BCUT2D eigenvalue weighted by molar-refractivity contribution is 7.09. The summed E-state index contributed by atoms with van der Waals surface area (Å²) in [6, 6.07) is 7.55. The summed E-state index contributed by atoms with van der Waals surface area (Å²) in [4.78, 5) is 12.7. The molecule has 0 atom stereocenters. The van der Waals surface area contributed by atoms with Crippen LogP contribution in [0.25, 0.3) is 0 Å². The fourth-order valence-corrected chi connectivity index (χ4v) is 2.13. The van der Waals surface area contributed by atoms with Gasteiger partial charge in [-0.15, -0.1) is 11.3 Å². The van der Waals surface area contributed by atoms with Gasteiger partial charge >= 0.3 is 0 Å². The van der Waals surface area contributed by atoms with E-state index in [0.717, 1.165) is 12.2 Å². The second kappa shape index (κ2) is 4.99. The SMILES string of the molecule is CCn1cc(NCc2cccs2)ccc1=O. The molecule has 0 aliphatic heterocycles. The van der Waals surface area contributed by atoms with E-state index in [9.17, 15) is 4.79 Å². The third kappa shape index (κ3) is 2.52. The number of rotatable bonds is 4. The highest BCUT2D eigenvalue weighted by Crippen LogP contribution is 2.11. The first-order valence-electron chi connectivity index (χ1n) is 5.26. The summed E-state index contributed by atoms with van der Waals surface area (Å²) in [5.41, 5.74) is 1.03. The maximum atomic E-state index is 11.4. The smallest absolute Gasteiger partial charge is 0.250 e. The van der Waals surface area contributed by atoms with E-state index in [1.54, 1.807) is 22.0 Å². The molecule has 2 aromatic heterocycles. The van der Waals surface area contributed by atoms with E-state index in [-0.39, 0.29) is 5.56 Å². The zero-order valence-corrected chi connectivity index (χ0v) is 9.96. The van der Waals surface area contributed by atoms with Crippen LogP contribution in [0.2, 0.25) is 0 Å². The Morgan fingerprint density at radius 2 is 2.25 bits per heavy atom. The number of aryl methyl sites for hydroxylation is 1. The summed E-state index contributed by atoms with van der Waals surface area (Å²) in [7, 11) is 0. The molecule has 0 saturated heterocycles. The number of aromatic nitrogens is 1. The van der Waals surface area contributed by atoms with Crippen LogP contribution in [0.4, 0.5) is 5.69 Å². The minimum atomic E-state index is 0.0455. The number of nitrogens with one attached hydrogen (secondary N) is 1. The van der Waals surface area contributed by atoms with Gasteiger partial charge in [-0.05, 0) is 24.4 Å². The average molecular weight is 234 g/mol. The van der Waals surface area contributed by atoms with Crippen LogP contribution >= 0.6 is 11.3 Å². The molecule has 0 radical (unpaired) electrons. The minimum absolute atomic E-state index is 0.0455. The van der Waals surface area contributed by atoms with Crippen molar-refractivity contribution in [1.82, 2.24) is 4.57 Å². The Morgan fingerprint density at radius 3 is 2.94 bits per heavy atom. The molecular weight excluding hydrogens is 220 g/mol. The van der Waals surface area contributed by atoms with Gasteiger partial charge in [-0.1, -0.05) is 6.07 Å². The number of nitrogens with zero attached hydrogens (tertiary/aromatic N) is 1. The zero-order chi connectivity index (χ0) is 11.4. The summed E-state index contributed by atoms with van der Waals surface area (Å²) in [5, 5.41) is 5.36. The summed E-state index contributed by atoms with van der Waals surface area (Å²) < 4.78 is 1.69. The lowest BCUT2D eigenvalue weighted by Gasteiger charge is -2.07. The Hall–Kier alpha value is -1.55. The zero-order valence-electron chi connectivity index (χ0n) is 9.14. The van der Waals surface area contributed by atoms with Gasteiger partial charge in [0.05, 0.1) is 5.69 Å². The Balaban J connectivity index is 2.07. The van der Waals surface area contributed by atoms with Crippen LogP contribution in [-0.2, 0) is 13.1 Å². The summed E-state index contributed by atoms with van der Waals surface area (Å²) in [6.07, 6.45) is 1.86. The molecule has 2 rings (SSSR count). The van der Waals surface area contributed by atoms with E-state index >= 15 is 0 Å². The molecule has 0 amide bonds. The van der Waals surface area contributed by atoms with Crippen molar-refractivity contribution in [3.63, 3.8) is 0 Å². The van der Waals surface area contributed by atoms with Crippen molar-refractivity contribution in [3.05, 3.63) is 51.1 Å². The lowest BCUT2D eigenvalue weighted by atomic mass is 10.4. The van der Waals surface area contributed by atoms with E-state index in [1.807, 2.05) is 25.3 Å². The number of anilines is 1. The van der Waals surface area contributed by atoms with Gasteiger partial charge in [0.2, 0.25) is 0 Å². The van der Waals surface area contributed by atoms with Crippen LogP contribution in [0.3, 0.4) is 0 Å². The van der Waals surface area contributed by atoms with Gasteiger partial charge in [0.1, 0.15) is 0 Å². The number of hydrogen-bond acceptors (Lipinski definition) is 3. The topological polar surface area (TPSA) is 34.0 Å². The molecule has 0 aliphatic carbocycles. The summed E-state index contributed by atoms with van der Waals surface area (Å²) in [5.74, 6) is 0. The largest absolute Gasteiger partial charge is 0.379 e. The number of hydrogen-bond donors (Lipinski definition) is 1. The molecule has 0 saturated carbocycles. The lowest BCUT2D eigenvalue weighted by molar-refractivity contribution is 0.728. The molecule has 84 valence electrons. The predicted molar refractivity (Wildman–Crippen MR) is 68.0 cm³/mol. The first kappa shape index (κ1) is 11.0. The van der Waals surface area contributed by atoms with Crippen LogP contribution < -0.4 is 10.9 Å². The van der Waals surface area contributed by atoms with Crippen molar-refractivity contribution in [2.24, 2.45) is 0 Å². The van der Waals surface area contributed by atoms with Crippen LogP contribution in [0, 0.1) is 0 Å². The molecular formula is C12H14N2OS. The molecule has 0 aliphatic rings. The first-order valence-corrected chi connectivity index (χ1v) is 6.14. The summed E-state index contributed by atoms with van der Waals surface area (Å²) >= 11 is 1.72. The van der Waals surface area contributed by atoms with E-state index in [4.69, 9.17) is 0 Å². The highest BCUT2D eigenvalue weighted by atomic mass is 32.1. The van der Waals surface area contributed by atoms with Crippen molar-refractivity contribution in [2.45, 2.75) is 20.0 Å². The molecule has 3 nitrogen and oxygen atoms in total. The highest BCUT2D eigenvalue weighted by Gasteiger charge is 1.97. The Labute approximate surface area is 98.4 Å². The molecule has 0 spiro atoms. The van der Waals surface area contributed by atoms with E-state index in [1.165, 1.54) is 4.88 Å². The van der Waals surface area contributed by atoms with Gasteiger partial charge in [0.25, 0.3) is 5.56 Å². The third-order valence-electron chi connectivity index (χ3n) is 2.37. The minimum Gasteiger partial charge on any atom is -0.379 e. The second-order valence-corrected chi connectivity index (χ2v) is 4.51. The quantitative estimate of drug-likeness (QED) is 0.882. The molecule has 16 heavy (non-hydrogen) atoms. The van der Waals surface area contributed by atoms with Crippen LogP contribution in [-0.4, -0.2) is 4.57 Å². The molecule has 2 aromatic rings. The van der Waals surface area contributed by atoms with E-state index in [2.05, 4.69) is 16.8 Å². The van der Waals surface area contributed by atoms with E-state index in [0.29, 0.717) is 6.54 Å². The van der Waals surface area contributed by atoms with Gasteiger partial charge < -0.3 is 9.88 Å². The van der Waals surface area contributed by atoms with Crippen molar-refractivity contribution in [1.29, 1.82) is 0 Å². The van der Waals surface area contributed by atoms with Gasteiger partial charge in [-0.3, -0.25) is 4.79 Å². The Morgan fingerprint density at radius 1 is 1.38 bits per heavy atom. The predicted octanol–water partition coefficient (Wildman–Crippen LogP) is 2.54. The molecule has 0 aromatic carbocycles. The molecule has 4 heteroatoms. The van der Waals surface area contributed by atoms with Crippen LogP contribution in [0.1, 0.15) is 11.8 Å². The fourth-order valence-electron chi connectivity index (χ4n) is 1.49. The van der Waals surface area contributed by atoms with E-state index < -0.39 is 0 Å². The Bertz CT molecular complexity index is 502. The molecule has 1 N–H and O–H groups in total.